The van der Waals surface area contributed by atoms with Crippen LogP contribution in [0.25, 0.3) is 0 Å². The molecule has 1 saturated heterocycles. The maximum atomic E-state index is 11.6. The molecule has 1 amide bonds. The van der Waals surface area contributed by atoms with E-state index in [9.17, 15) is 9.59 Å². The Morgan fingerprint density at radius 3 is 2.44 bits per heavy atom. The van der Waals surface area contributed by atoms with Gasteiger partial charge in [0.25, 0.3) is 0 Å². The lowest BCUT2D eigenvalue weighted by Crippen LogP contribution is -2.23. The molecule has 1 aliphatic heterocycles. The van der Waals surface area contributed by atoms with E-state index in [2.05, 4.69) is 5.32 Å². The van der Waals surface area contributed by atoms with E-state index < -0.39 is 5.97 Å². The third kappa shape index (κ3) is 1.91. The molecule has 2 atom stereocenters. The molecule has 1 fully saturated rings. The van der Waals surface area contributed by atoms with E-state index in [1.165, 1.54) is 12.1 Å². The minimum absolute atomic E-state index is 0.0237. The Morgan fingerprint density at radius 2 is 2.00 bits per heavy atom. The second kappa shape index (κ2) is 3.96. The first kappa shape index (κ1) is 10.7. The highest BCUT2D eigenvalue weighted by Crippen LogP contribution is 2.26. The van der Waals surface area contributed by atoms with Crippen molar-refractivity contribution < 1.29 is 14.7 Å². The van der Waals surface area contributed by atoms with Crippen molar-refractivity contribution in [3.05, 3.63) is 35.4 Å². The SMILES string of the molecule is CC1C[C@H](c2ccc(C(=O)O)cc2)C(=O)N1. The van der Waals surface area contributed by atoms with Crippen molar-refractivity contribution >= 4 is 11.9 Å². The molecule has 1 aromatic carbocycles. The minimum atomic E-state index is -0.948. The van der Waals surface area contributed by atoms with Crippen LogP contribution >= 0.6 is 0 Å². The number of rotatable bonds is 2. The molecule has 0 bridgehead atoms. The van der Waals surface area contributed by atoms with E-state index in [0.717, 1.165) is 12.0 Å². The zero-order chi connectivity index (χ0) is 11.7. The topological polar surface area (TPSA) is 66.4 Å². The van der Waals surface area contributed by atoms with Gasteiger partial charge in [-0.2, -0.15) is 0 Å². The number of aromatic carboxylic acids is 1. The molecule has 1 unspecified atom stereocenters. The number of amides is 1. The van der Waals surface area contributed by atoms with E-state index >= 15 is 0 Å². The molecule has 2 rings (SSSR count). The van der Waals surface area contributed by atoms with Gasteiger partial charge in [-0.3, -0.25) is 4.79 Å². The molecule has 2 N–H and O–H groups in total. The maximum absolute atomic E-state index is 11.6. The molecule has 4 heteroatoms. The Kier molecular flexibility index (Phi) is 2.64. The molecular formula is C12H13NO3. The van der Waals surface area contributed by atoms with Crippen molar-refractivity contribution in [2.24, 2.45) is 0 Å². The summed E-state index contributed by atoms with van der Waals surface area (Å²) in [5.74, 6) is -1.07. The fraction of sp³-hybridized carbons (Fsp3) is 0.333. The molecule has 16 heavy (non-hydrogen) atoms. The smallest absolute Gasteiger partial charge is 0.335 e. The Labute approximate surface area is 93.3 Å². The third-order valence-corrected chi connectivity index (χ3v) is 2.85. The van der Waals surface area contributed by atoms with Gasteiger partial charge in [0.1, 0.15) is 0 Å². The van der Waals surface area contributed by atoms with Crippen LogP contribution in [-0.2, 0) is 4.79 Å². The number of carboxylic acid groups (broad SMARTS) is 1. The van der Waals surface area contributed by atoms with E-state index in [4.69, 9.17) is 5.11 Å². The summed E-state index contributed by atoms with van der Waals surface area (Å²) < 4.78 is 0. The summed E-state index contributed by atoms with van der Waals surface area (Å²) in [6.45, 7) is 1.96. The van der Waals surface area contributed by atoms with Gasteiger partial charge in [0.05, 0.1) is 11.5 Å². The first-order chi connectivity index (χ1) is 7.58. The molecule has 1 aliphatic rings. The van der Waals surface area contributed by atoms with E-state index in [1.54, 1.807) is 12.1 Å². The summed E-state index contributed by atoms with van der Waals surface area (Å²) in [5, 5.41) is 11.6. The van der Waals surface area contributed by atoms with Crippen molar-refractivity contribution in [2.45, 2.75) is 25.3 Å². The first-order valence-electron chi connectivity index (χ1n) is 5.21. The zero-order valence-corrected chi connectivity index (χ0v) is 8.93. The van der Waals surface area contributed by atoms with Crippen molar-refractivity contribution in [3.63, 3.8) is 0 Å². The number of hydrogen-bond acceptors (Lipinski definition) is 2. The number of carbonyl (C=O) groups excluding carboxylic acids is 1. The van der Waals surface area contributed by atoms with Crippen molar-refractivity contribution in [1.82, 2.24) is 5.32 Å². The van der Waals surface area contributed by atoms with E-state index in [1.807, 2.05) is 6.92 Å². The van der Waals surface area contributed by atoms with Gasteiger partial charge in [0, 0.05) is 6.04 Å². The van der Waals surface area contributed by atoms with Crippen LogP contribution in [0.1, 0.15) is 35.2 Å². The van der Waals surface area contributed by atoms with Gasteiger partial charge in [-0.05, 0) is 31.0 Å². The molecular weight excluding hydrogens is 206 g/mol. The quantitative estimate of drug-likeness (QED) is 0.789. The highest BCUT2D eigenvalue weighted by atomic mass is 16.4. The lowest BCUT2D eigenvalue weighted by atomic mass is 9.95. The molecule has 1 aromatic rings. The molecule has 0 radical (unpaired) electrons. The van der Waals surface area contributed by atoms with Crippen molar-refractivity contribution in [3.8, 4) is 0 Å². The number of carboxylic acids is 1. The predicted molar refractivity (Wildman–Crippen MR) is 58.4 cm³/mol. The fourth-order valence-corrected chi connectivity index (χ4v) is 2.01. The maximum Gasteiger partial charge on any atom is 0.335 e. The molecule has 0 saturated carbocycles. The van der Waals surface area contributed by atoms with Crippen molar-refractivity contribution in [2.75, 3.05) is 0 Å². The standard InChI is InChI=1S/C12H13NO3/c1-7-6-10(11(14)13-7)8-2-4-9(5-3-8)12(15)16/h2-5,7,10H,6H2,1H3,(H,13,14)(H,15,16)/t7?,10-/m1/s1. The highest BCUT2D eigenvalue weighted by molar-refractivity contribution is 5.89. The largest absolute Gasteiger partial charge is 0.478 e. The molecule has 84 valence electrons. The number of carbonyl (C=O) groups is 2. The lowest BCUT2D eigenvalue weighted by Gasteiger charge is -2.07. The number of hydrogen-bond donors (Lipinski definition) is 2. The monoisotopic (exact) mass is 219 g/mol. The molecule has 4 nitrogen and oxygen atoms in total. The fourth-order valence-electron chi connectivity index (χ4n) is 2.01. The molecule has 1 heterocycles. The van der Waals surface area contributed by atoms with Crippen LogP contribution in [0.3, 0.4) is 0 Å². The van der Waals surface area contributed by atoms with E-state index in [0.29, 0.717) is 0 Å². The second-order valence-corrected chi connectivity index (χ2v) is 4.13. The minimum Gasteiger partial charge on any atom is -0.478 e. The zero-order valence-electron chi connectivity index (χ0n) is 8.93. The highest BCUT2D eigenvalue weighted by Gasteiger charge is 2.30. The molecule has 0 aliphatic carbocycles. The van der Waals surface area contributed by atoms with Crippen LogP contribution in [0.4, 0.5) is 0 Å². The summed E-state index contributed by atoms with van der Waals surface area (Å²) in [7, 11) is 0. The van der Waals surface area contributed by atoms with Crippen LogP contribution in [0, 0.1) is 0 Å². The number of benzene rings is 1. The van der Waals surface area contributed by atoms with E-state index in [-0.39, 0.29) is 23.4 Å². The summed E-state index contributed by atoms with van der Waals surface area (Å²) in [6.07, 6.45) is 0.769. The van der Waals surface area contributed by atoms with Crippen LogP contribution in [0.5, 0.6) is 0 Å². The van der Waals surface area contributed by atoms with Crippen LogP contribution in [-0.4, -0.2) is 23.0 Å². The van der Waals surface area contributed by atoms with Gasteiger partial charge >= 0.3 is 5.97 Å². The number of nitrogens with one attached hydrogen (secondary N) is 1. The van der Waals surface area contributed by atoms with Gasteiger partial charge < -0.3 is 10.4 Å². The van der Waals surface area contributed by atoms with Gasteiger partial charge in [-0.1, -0.05) is 12.1 Å². The summed E-state index contributed by atoms with van der Waals surface area (Å²) in [4.78, 5) is 22.2. The molecule has 0 aromatic heterocycles. The van der Waals surface area contributed by atoms with Gasteiger partial charge in [-0.15, -0.1) is 0 Å². The molecule has 0 spiro atoms. The average molecular weight is 219 g/mol. The summed E-state index contributed by atoms with van der Waals surface area (Å²) in [5.41, 5.74) is 1.13. The lowest BCUT2D eigenvalue weighted by molar-refractivity contribution is -0.120. The Hall–Kier alpha value is -1.84. The second-order valence-electron chi connectivity index (χ2n) is 4.13. The van der Waals surface area contributed by atoms with Crippen LogP contribution in [0.2, 0.25) is 0 Å². The van der Waals surface area contributed by atoms with Gasteiger partial charge in [-0.25, -0.2) is 4.79 Å². The predicted octanol–water partition coefficient (Wildman–Crippen LogP) is 1.38. The average Bonchev–Trinajstić information content (AvgIpc) is 2.58. The van der Waals surface area contributed by atoms with Crippen molar-refractivity contribution in [1.29, 1.82) is 0 Å². The van der Waals surface area contributed by atoms with Gasteiger partial charge in [0.15, 0.2) is 0 Å². The Morgan fingerprint density at radius 1 is 1.38 bits per heavy atom. The third-order valence-electron chi connectivity index (χ3n) is 2.85. The summed E-state index contributed by atoms with van der Waals surface area (Å²) >= 11 is 0. The van der Waals surface area contributed by atoms with Crippen LogP contribution in [0.15, 0.2) is 24.3 Å². The first-order valence-corrected chi connectivity index (χ1v) is 5.21. The van der Waals surface area contributed by atoms with Gasteiger partial charge in [0.2, 0.25) is 5.91 Å². The Bertz CT molecular complexity index is 424. The Balaban J connectivity index is 2.22. The van der Waals surface area contributed by atoms with Crippen LogP contribution < -0.4 is 5.32 Å². The normalized spacial score (nSPS) is 24.2. The summed E-state index contributed by atoms with van der Waals surface area (Å²) in [6, 6.07) is 6.69.